The number of rotatable bonds is 5. The molecule has 1 aliphatic carbocycles. The normalized spacial score (nSPS) is 12.9. The quantitative estimate of drug-likeness (QED) is 0.758. The van der Waals surface area contributed by atoms with Gasteiger partial charge in [0.25, 0.3) is 5.91 Å². The second-order valence-corrected chi connectivity index (χ2v) is 6.23. The van der Waals surface area contributed by atoms with Crippen molar-refractivity contribution < 1.29 is 14.3 Å². The van der Waals surface area contributed by atoms with Gasteiger partial charge >= 0.3 is 0 Å². The van der Waals surface area contributed by atoms with E-state index in [1.807, 2.05) is 43.3 Å². The number of aryl methyl sites for hydroxylation is 1. The number of hydrogen-bond donors (Lipinski definition) is 1. The van der Waals surface area contributed by atoms with E-state index < -0.39 is 0 Å². The standard InChI is InChI=1S/C21H17N3O3/c1-14-6-8-15(9-7-14)23-18(25)12-27-21-17-5-3-2-4-16(17)20(26)19(21)24-11-10-22-13-24/h2-11,13H,12H2,1H3,(H,23,25). The van der Waals surface area contributed by atoms with Crippen LogP contribution in [0.25, 0.3) is 11.5 Å². The molecule has 0 aliphatic heterocycles. The molecule has 0 bridgehead atoms. The van der Waals surface area contributed by atoms with E-state index in [-0.39, 0.29) is 18.3 Å². The van der Waals surface area contributed by atoms with E-state index in [9.17, 15) is 9.59 Å². The minimum absolute atomic E-state index is 0.155. The Balaban J connectivity index is 1.57. The summed E-state index contributed by atoms with van der Waals surface area (Å²) in [6.45, 7) is 1.77. The molecule has 1 aliphatic rings. The number of carbonyl (C=O) groups is 2. The molecule has 0 saturated heterocycles. The number of aromatic nitrogens is 2. The van der Waals surface area contributed by atoms with Gasteiger partial charge in [0.2, 0.25) is 5.78 Å². The van der Waals surface area contributed by atoms with E-state index in [0.29, 0.717) is 28.3 Å². The number of Topliss-reactive ketones (excluding diaryl/α,β-unsaturated/α-hetero) is 1. The minimum atomic E-state index is -0.298. The van der Waals surface area contributed by atoms with E-state index in [2.05, 4.69) is 10.3 Å². The first-order valence-electron chi connectivity index (χ1n) is 8.49. The topological polar surface area (TPSA) is 73.2 Å². The Morgan fingerprint density at radius 3 is 2.56 bits per heavy atom. The molecular formula is C21H17N3O3. The highest BCUT2D eigenvalue weighted by atomic mass is 16.5. The molecule has 0 spiro atoms. The number of fused-ring (bicyclic) bond motifs is 1. The van der Waals surface area contributed by atoms with Gasteiger partial charge in [-0.1, -0.05) is 42.0 Å². The number of ether oxygens (including phenoxy) is 1. The van der Waals surface area contributed by atoms with Crippen LogP contribution >= 0.6 is 0 Å². The van der Waals surface area contributed by atoms with Crippen LogP contribution in [0.1, 0.15) is 21.5 Å². The second kappa shape index (κ2) is 6.92. The average molecular weight is 359 g/mol. The van der Waals surface area contributed by atoms with Crippen LogP contribution in [0.3, 0.4) is 0 Å². The van der Waals surface area contributed by atoms with Gasteiger partial charge in [-0.25, -0.2) is 4.98 Å². The number of benzene rings is 2. The fraction of sp³-hybridized carbons (Fsp3) is 0.0952. The van der Waals surface area contributed by atoms with Gasteiger partial charge in [-0.2, -0.15) is 0 Å². The molecule has 0 atom stereocenters. The zero-order valence-electron chi connectivity index (χ0n) is 14.7. The number of amides is 1. The van der Waals surface area contributed by atoms with Gasteiger partial charge in [-0.3, -0.25) is 14.2 Å². The van der Waals surface area contributed by atoms with Crippen LogP contribution in [0.5, 0.6) is 0 Å². The van der Waals surface area contributed by atoms with Crippen molar-refractivity contribution >= 4 is 28.8 Å². The molecule has 6 nitrogen and oxygen atoms in total. The molecule has 1 heterocycles. The van der Waals surface area contributed by atoms with Crippen LogP contribution in [0.4, 0.5) is 5.69 Å². The van der Waals surface area contributed by atoms with Crippen molar-refractivity contribution in [1.82, 2.24) is 9.55 Å². The summed E-state index contributed by atoms with van der Waals surface area (Å²) in [4.78, 5) is 29.1. The van der Waals surface area contributed by atoms with Crippen LogP contribution in [0.2, 0.25) is 0 Å². The summed E-state index contributed by atoms with van der Waals surface area (Å²) < 4.78 is 7.40. The highest BCUT2D eigenvalue weighted by Gasteiger charge is 2.32. The maximum absolute atomic E-state index is 12.8. The number of hydrogen-bond acceptors (Lipinski definition) is 4. The molecule has 1 aromatic heterocycles. The van der Waals surface area contributed by atoms with Gasteiger partial charge in [0.15, 0.2) is 12.4 Å². The summed E-state index contributed by atoms with van der Waals surface area (Å²) in [6, 6.07) is 14.7. The van der Waals surface area contributed by atoms with Crippen molar-refractivity contribution in [3.05, 3.63) is 83.9 Å². The lowest BCUT2D eigenvalue weighted by molar-refractivity contribution is -0.118. The van der Waals surface area contributed by atoms with Crippen LogP contribution in [0, 0.1) is 6.92 Å². The van der Waals surface area contributed by atoms with Crippen LogP contribution < -0.4 is 5.32 Å². The van der Waals surface area contributed by atoms with Gasteiger partial charge in [0.05, 0.1) is 6.33 Å². The average Bonchev–Trinajstić information content (AvgIpc) is 3.29. The molecule has 2 aromatic carbocycles. The van der Waals surface area contributed by atoms with Crippen molar-refractivity contribution in [2.45, 2.75) is 6.92 Å². The van der Waals surface area contributed by atoms with Gasteiger partial charge in [-0.05, 0) is 19.1 Å². The highest BCUT2D eigenvalue weighted by molar-refractivity contribution is 6.35. The predicted molar refractivity (Wildman–Crippen MR) is 102 cm³/mol. The maximum atomic E-state index is 12.8. The summed E-state index contributed by atoms with van der Waals surface area (Å²) in [5.74, 6) is -0.0710. The van der Waals surface area contributed by atoms with Crippen LogP contribution in [0.15, 0.2) is 67.3 Å². The Labute approximate surface area is 156 Å². The lowest BCUT2D eigenvalue weighted by atomic mass is 10.1. The smallest absolute Gasteiger partial charge is 0.262 e. The molecule has 0 unspecified atom stereocenters. The Morgan fingerprint density at radius 1 is 1.11 bits per heavy atom. The van der Waals surface area contributed by atoms with Crippen molar-refractivity contribution in [1.29, 1.82) is 0 Å². The number of allylic oxidation sites excluding steroid dienone is 1. The monoisotopic (exact) mass is 359 g/mol. The SMILES string of the molecule is Cc1ccc(NC(=O)COC2=C(n3ccnc3)C(=O)c3ccccc32)cc1. The molecule has 134 valence electrons. The summed E-state index contributed by atoms with van der Waals surface area (Å²) in [5.41, 5.74) is 3.39. The second-order valence-electron chi connectivity index (χ2n) is 6.23. The largest absolute Gasteiger partial charge is 0.481 e. The molecule has 1 amide bonds. The van der Waals surface area contributed by atoms with E-state index in [1.165, 1.54) is 6.33 Å². The van der Waals surface area contributed by atoms with Gasteiger partial charge in [0, 0.05) is 29.2 Å². The first-order valence-corrected chi connectivity index (χ1v) is 8.49. The third kappa shape index (κ3) is 3.25. The number of nitrogens with one attached hydrogen (secondary N) is 1. The fourth-order valence-corrected chi connectivity index (χ4v) is 2.98. The predicted octanol–water partition coefficient (Wildman–Crippen LogP) is 3.37. The number of anilines is 1. The third-order valence-electron chi connectivity index (χ3n) is 4.29. The zero-order chi connectivity index (χ0) is 18.8. The maximum Gasteiger partial charge on any atom is 0.262 e. The summed E-state index contributed by atoms with van der Waals surface area (Å²) in [6.07, 6.45) is 4.80. The molecule has 4 rings (SSSR count). The van der Waals surface area contributed by atoms with Crippen molar-refractivity contribution in [3.8, 4) is 0 Å². The number of carbonyl (C=O) groups excluding carboxylic acids is 2. The Hall–Kier alpha value is -3.67. The molecule has 6 heteroatoms. The summed E-state index contributed by atoms with van der Waals surface area (Å²) in [7, 11) is 0. The van der Waals surface area contributed by atoms with Gasteiger partial charge in [-0.15, -0.1) is 0 Å². The highest BCUT2D eigenvalue weighted by Crippen LogP contribution is 2.35. The van der Waals surface area contributed by atoms with E-state index >= 15 is 0 Å². The zero-order valence-corrected chi connectivity index (χ0v) is 14.7. The number of nitrogens with zero attached hydrogens (tertiary/aromatic N) is 2. The van der Waals surface area contributed by atoms with Crippen molar-refractivity contribution in [2.75, 3.05) is 11.9 Å². The minimum Gasteiger partial charge on any atom is -0.481 e. The van der Waals surface area contributed by atoms with Crippen LogP contribution in [-0.4, -0.2) is 27.8 Å². The molecular weight excluding hydrogens is 342 g/mol. The Kier molecular flexibility index (Phi) is 4.30. The van der Waals surface area contributed by atoms with Gasteiger partial charge < -0.3 is 10.1 Å². The summed E-state index contributed by atoms with van der Waals surface area (Å²) >= 11 is 0. The first kappa shape index (κ1) is 16.8. The lowest BCUT2D eigenvalue weighted by Crippen LogP contribution is -2.18. The Morgan fingerprint density at radius 2 is 1.85 bits per heavy atom. The number of imidazole rings is 1. The lowest BCUT2D eigenvalue weighted by Gasteiger charge is -2.11. The van der Waals surface area contributed by atoms with E-state index in [1.54, 1.807) is 29.1 Å². The fourth-order valence-electron chi connectivity index (χ4n) is 2.98. The van der Waals surface area contributed by atoms with E-state index in [0.717, 1.165) is 5.56 Å². The summed E-state index contributed by atoms with van der Waals surface area (Å²) in [5, 5.41) is 2.79. The Bertz CT molecular complexity index is 1030. The third-order valence-corrected chi connectivity index (χ3v) is 4.29. The molecule has 27 heavy (non-hydrogen) atoms. The van der Waals surface area contributed by atoms with Gasteiger partial charge in [0.1, 0.15) is 5.70 Å². The molecule has 1 N–H and O–H groups in total. The van der Waals surface area contributed by atoms with Crippen LogP contribution in [-0.2, 0) is 9.53 Å². The molecule has 0 saturated carbocycles. The van der Waals surface area contributed by atoms with Crippen molar-refractivity contribution in [2.24, 2.45) is 0 Å². The molecule has 0 radical (unpaired) electrons. The first-order chi connectivity index (χ1) is 13.1. The molecule has 0 fully saturated rings. The number of ketones is 1. The van der Waals surface area contributed by atoms with E-state index in [4.69, 9.17) is 4.74 Å². The molecule has 3 aromatic rings. The van der Waals surface area contributed by atoms with Crippen molar-refractivity contribution in [3.63, 3.8) is 0 Å².